The van der Waals surface area contributed by atoms with Gasteiger partial charge in [0.15, 0.2) is 13.1 Å². The van der Waals surface area contributed by atoms with Crippen molar-refractivity contribution < 1.29 is 29.0 Å². The Hall–Kier alpha value is -1.40. The Kier molecular flexibility index (Phi) is 3.35. The fourth-order valence-corrected chi connectivity index (χ4v) is 2.36. The molecule has 0 aliphatic carbocycles. The molecule has 0 saturated carbocycles. The van der Waals surface area contributed by atoms with Gasteiger partial charge in [0, 0.05) is 0 Å². The third-order valence-electron chi connectivity index (χ3n) is 3.47. The summed E-state index contributed by atoms with van der Waals surface area (Å²) in [6, 6.07) is 0. The van der Waals surface area contributed by atoms with E-state index in [4.69, 9.17) is 0 Å². The molecular weight excluding hydrogens is 212 g/mol. The Morgan fingerprint density at radius 2 is 1.31 bits per heavy atom. The molecule has 0 bridgehead atoms. The minimum absolute atomic E-state index is 0.214. The van der Waals surface area contributed by atoms with Crippen LogP contribution in [0.5, 0.6) is 0 Å². The van der Waals surface area contributed by atoms with Crippen molar-refractivity contribution in [2.24, 2.45) is 0 Å². The smallest absolute Gasteiger partial charge is 0.432 e. The van der Waals surface area contributed by atoms with Gasteiger partial charge in [-0.15, -0.1) is 0 Å². The number of rotatable bonds is 2. The number of carbonyl (C=O) groups is 2. The number of hydrogen-bond donors (Lipinski definition) is 2. The number of quaternary nitrogens is 2. The van der Waals surface area contributed by atoms with Gasteiger partial charge in [0.2, 0.25) is 0 Å². The van der Waals surface area contributed by atoms with Gasteiger partial charge < -0.3 is 10.2 Å². The molecule has 2 amide bonds. The molecule has 0 radical (unpaired) electrons. The molecule has 6 nitrogen and oxygen atoms in total. The monoisotopic (exact) mass is 230 g/mol. The number of amides is 2. The Morgan fingerprint density at radius 3 is 1.50 bits per heavy atom. The summed E-state index contributed by atoms with van der Waals surface area (Å²) in [7, 11) is 0. The minimum atomic E-state index is -1.09. The summed E-state index contributed by atoms with van der Waals surface area (Å²) in [4.78, 5) is 22.9. The van der Waals surface area contributed by atoms with E-state index in [2.05, 4.69) is 0 Å². The van der Waals surface area contributed by atoms with E-state index in [-0.39, 0.29) is 26.2 Å². The first kappa shape index (κ1) is 12.7. The quantitative estimate of drug-likeness (QED) is 0.557. The van der Waals surface area contributed by atoms with Gasteiger partial charge >= 0.3 is 12.2 Å². The van der Waals surface area contributed by atoms with Crippen LogP contribution in [0.2, 0.25) is 0 Å². The van der Waals surface area contributed by atoms with Crippen LogP contribution >= 0.6 is 0 Å². The lowest BCUT2D eigenvalue weighted by Crippen LogP contribution is -2.77. The number of nitrogens with zero attached hydrogens (tertiary/aromatic N) is 2. The standard InChI is InChI=1S/C10H16N2O4/c1-3-11(9(13)14)7-5-6-8-12(11,4-2)10(15)16/h5-6H,3-4,7-8H2,1-2H3/p+2. The third kappa shape index (κ3) is 1.42. The normalized spacial score (nSPS) is 33.6. The summed E-state index contributed by atoms with van der Waals surface area (Å²) in [6.07, 6.45) is 1.31. The van der Waals surface area contributed by atoms with Gasteiger partial charge in [-0.2, -0.15) is 9.59 Å². The molecule has 1 aliphatic heterocycles. The topological polar surface area (TPSA) is 74.6 Å². The molecule has 0 aromatic rings. The van der Waals surface area contributed by atoms with Crippen LogP contribution in [0.1, 0.15) is 13.8 Å². The molecule has 2 N–H and O–H groups in total. The second kappa shape index (κ2) is 4.23. The zero-order chi connectivity index (χ0) is 12.4. The Labute approximate surface area is 94.1 Å². The van der Waals surface area contributed by atoms with Crippen molar-refractivity contribution in [2.45, 2.75) is 13.8 Å². The molecule has 1 heterocycles. The largest absolute Gasteiger partial charge is 0.563 e. The third-order valence-corrected chi connectivity index (χ3v) is 3.47. The zero-order valence-corrected chi connectivity index (χ0v) is 9.59. The molecular formula is C10H18N2O4+2. The van der Waals surface area contributed by atoms with Gasteiger partial charge in [-0.1, -0.05) is 9.18 Å². The highest BCUT2D eigenvalue weighted by Crippen LogP contribution is 2.27. The molecule has 16 heavy (non-hydrogen) atoms. The van der Waals surface area contributed by atoms with Gasteiger partial charge in [0.05, 0.1) is 0 Å². The van der Waals surface area contributed by atoms with E-state index in [1.807, 2.05) is 0 Å². The van der Waals surface area contributed by atoms with Crippen LogP contribution in [0.4, 0.5) is 9.59 Å². The van der Waals surface area contributed by atoms with E-state index in [0.29, 0.717) is 0 Å². The first-order valence-electron chi connectivity index (χ1n) is 5.33. The van der Waals surface area contributed by atoms with E-state index in [0.717, 1.165) is 0 Å². The van der Waals surface area contributed by atoms with Crippen LogP contribution in [0.3, 0.4) is 0 Å². The molecule has 2 atom stereocenters. The van der Waals surface area contributed by atoms with Gasteiger partial charge in [-0.05, 0) is 26.0 Å². The van der Waals surface area contributed by atoms with Crippen LogP contribution in [0.15, 0.2) is 12.2 Å². The Bertz CT molecular complexity index is 310. The van der Waals surface area contributed by atoms with Crippen LogP contribution < -0.4 is 0 Å². The summed E-state index contributed by atoms with van der Waals surface area (Å²) in [5.41, 5.74) is 0. The maximum absolute atomic E-state index is 11.4. The molecule has 0 aromatic carbocycles. The second-order valence-corrected chi connectivity index (χ2v) is 3.88. The summed E-state index contributed by atoms with van der Waals surface area (Å²) < 4.78 is -0.940. The summed E-state index contributed by atoms with van der Waals surface area (Å²) in [5, 5.41) is 18.7. The molecule has 0 aromatic heterocycles. The average molecular weight is 230 g/mol. The second-order valence-electron chi connectivity index (χ2n) is 3.88. The van der Waals surface area contributed by atoms with Crippen LogP contribution in [-0.4, -0.2) is 57.8 Å². The summed E-state index contributed by atoms with van der Waals surface area (Å²) >= 11 is 0. The van der Waals surface area contributed by atoms with Crippen LogP contribution in [0, 0.1) is 0 Å². The highest BCUT2D eigenvalue weighted by Gasteiger charge is 2.61. The van der Waals surface area contributed by atoms with Crippen molar-refractivity contribution in [1.29, 1.82) is 0 Å². The number of likely N-dealkylation sites (N-methyl/N-ethyl adjacent to an activating group) is 2. The summed E-state index contributed by atoms with van der Waals surface area (Å²) in [6.45, 7) is 4.34. The van der Waals surface area contributed by atoms with Gasteiger partial charge in [0.1, 0.15) is 13.1 Å². The lowest BCUT2D eigenvalue weighted by molar-refractivity contribution is -1.42. The molecule has 90 valence electrons. The lowest BCUT2D eigenvalue weighted by atomic mass is 10.3. The van der Waals surface area contributed by atoms with E-state index in [1.165, 1.54) is 0 Å². The summed E-state index contributed by atoms with van der Waals surface area (Å²) in [5.74, 6) is 0. The predicted molar refractivity (Wildman–Crippen MR) is 56.5 cm³/mol. The average Bonchev–Trinajstić information content (AvgIpc) is 2.27. The first-order valence-corrected chi connectivity index (χ1v) is 5.33. The van der Waals surface area contributed by atoms with Crippen molar-refractivity contribution in [2.75, 3.05) is 26.2 Å². The fourth-order valence-electron chi connectivity index (χ4n) is 2.36. The van der Waals surface area contributed by atoms with Crippen LogP contribution in [-0.2, 0) is 0 Å². The van der Waals surface area contributed by atoms with Crippen molar-refractivity contribution >= 4 is 12.2 Å². The van der Waals surface area contributed by atoms with Crippen LogP contribution in [0.25, 0.3) is 0 Å². The maximum Gasteiger partial charge on any atom is 0.563 e. The Balaban J connectivity index is 3.36. The molecule has 0 saturated heterocycles. The lowest BCUT2D eigenvalue weighted by Gasteiger charge is -2.45. The number of hydrogen-bond acceptors (Lipinski definition) is 2. The van der Waals surface area contributed by atoms with Crippen molar-refractivity contribution in [3.63, 3.8) is 0 Å². The molecule has 0 spiro atoms. The zero-order valence-electron chi connectivity index (χ0n) is 9.59. The molecule has 1 rings (SSSR count). The van der Waals surface area contributed by atoms with Crippen molar-refractivity contribution in [3.05, 3.63) is 12.2 Å². The van der Waals surface area contributed by atoms with Crippen molar-refractivity contribution in [3.8, 4) is 0 Å². The fraction of sp³-hybridized carbons (Fsp3) is 0.600. The maximum atomic E-state index is 11.4. The van der Waals surface area contributed by atoms with E-state index in [1.54, 1.807) is 26.0 Å². The highest BCUT2D eigenvalue weighted by atomic mass is 16.4. The minimum Gasteiger partial charge on any atom is -0.432 e. The van der Waals surface area contributed by atoms with E-state index in [9.17, 15) is 19.8 Å². The van der Waals surface area contributed by atoms with Crippen molar-refractivity contribution in [1.82, 2.24) is 0 Å². The first-order chi connectivity index (χ1) is 7.47. The molecule has 1 aliphatic rings. The van der Waals surface area contributed by atoms with E-state index >= 15 is 0 Å². The van der Waals surface area contributed by atoms with Gasteiger partial charge in [-0.3, -0.25) is 0 Å². The Morgan fingerprint density at radius 1 is 1.00 bits per heavy atom. The van der Waals surface area contributed by atoms with Gasteiger partial charge in [-0.25, -0.2) is 0 Å². The molecule has 6 heteroatoms. The molecule has 0 fully saturated rings. The van der Waals surface area contributed by atoms with E-state index < -0.39 is 21.4 Å². The molecule has 2 unspecified atom stereocenters. The predicted octanol–water partition coefficient (Wildman–Crippen LogP) is 1.50. The number of carboxylic acid groups (broad SMARTS) is 2. The van der Waals surface area contributed by atoms with Gasteiger partial charge in [0.25, 0.3) is 0 Å². The SMILES string of the molecule is CC[N+]1(C(=O)O)CC=CC[N+]1(CC)C(=O)O. The highest BCUT2D eigenvalue weighted by molar-refractivity contribution is 5.60.